The summed E-state index contributed by atoms with van der Waals surface area (Å²) in [7, 11) is 1.78. The Morgan fingerprint density at radius 1 is 1.38 bits per heavy atom. The maximum Gasteiger partial charge on any atom is 0.126 e. The first-order valence-corrected chi connectivity index (χ1v) is 4.89. The molecule has 0 saturated carbocycles. The first-order chi connectivity index (χ1) is 7.58. The van der Waals surface area contributed by atoms with Crippen molar-refractivity contribution in [2.75, 3.05) is 11.9 Å². The fourth-order valence-corrected chi connectivity index (χ4v) is 1.37. The van der Waals surface area contributed by atoms with Crippen molar-refractivity contribution in [3.8, 4) is 12.1 Å². The molecule has 1 aromatic rings. The molecule has 0 bridgehead atoms. The van der Waals surface area contributed by atoms with Crippen molar-refractivity contribution >= 4 is 5.69 Å². The zero-order valence-corrected chi connectivity index (χ0v) is 9.24. The van der Waals surface area contributed by atoms with Crippen LogP contribution in [0.4, 0.5) is 10.1 Å². The molecule has 0 fully saturated rings. The van der Waals surface area contributed by atoms with Gasteiger partial charge in [0.1, 0.15) is 5.82 Å². The SMILES string of the molecule is CC(CC#N)N(C)c1cc(F)cc(C#N)c1. The second-order valence-corrected chi connectivity index (χ2v) is 3.63. The van der Waals surface area contributed by atoms with Gasteiger partial charge in [-0.15, -0.1) is 0 Å². The quantitative estimate of drug-likeness (QED) is 0.781. The van der Waals surface area contributed by atoms with E-state index in [1.807, 2.05) is 13.0 Å². The number of nitrogens with zero attached hydrogens (tertiary/aromatic N) is 3. The fourth-order valence-electron chi connectivity index (χ4n) is 1.37. The first kappa shape index (κ1) is 12.0. The third-order valence-corrected chi connectivity index (χ3v) is 2.47. The molecule has 0 aliphatic heterocycles. The van der Waals surface area contributed by atoms with E-state index in [9.17, 15) is 4.39 Å². The van der Waals surface area contributed by atoms with E-state index < -0.39 is 5.82 Å². The average Bonchev–Trinajstić information content (AvgIpc) is 2.27. The number of nitriles is 2. The molecule has 4 heteroatoms. The molecule has 0 amide bonds. The minimum atomic E-state index is -0.440. The maximum absolute atomic E-state index is 13.2. The number of rotatable bonds is 3. The summed E-state index contributed by atoms with van der Waals surface area (Å²) in [6.07, 6.45) is 0.356. The van der Waals surface area contributed by atoms with Crippen LogP contribution in [0, 0.1) is 28.5 Å². The standard InChI is InChI=1S/C12H12FN3/c1-9(3-4-14)16(2)12-6-10(8-15)5-11(13)7-12/h5-7,9H,3H2,1-2H3. The number of halogens is 1. The lowest BCUT2D eigenvalue weighted by Gasteiger charge is -2.25. The van der Waals surface area contributed by atoms with E-state index >= 15 is 0 Å². The summed E-state index contributed by atoms with van der Waals surface area (Å²) in [6, 6.07) is 8.10. The van der Waals surface area contributed by atoms with Gasteiger partial charge in [0.05, 0.1) is 24.1 Å². The molecular formula is C12H12FN3. The van der Waals surface area contributed by atoms with Crippen LogP contribution >= 0.6 is 0 Å². The van der Waals surface area contributed by atoms with Gasteiger partial charge in [-0.3, -0.25) is 0 Å². The van der Waals surface area contributed by atoms with E-state index in [2.05, 4.69) is 6.07 Å². The Morgan fingerprint density at radius 3 is 2.62 bits per heavy atom. The highest BCUT2D eigenvalue weighted by molar-refractivity contribution is 5.52. The average molecular weight is 217 g/mol. The van der Waals surface area contributed by atoms with E-state index in [1.165, 1.54) is 12.1 Å². The third kappa shape index (κ3) is 2.71. The van der Waals surface area contributed by atoms with Gasteiger partial charge in [0.15, 0.2) is 0 Å². The van der Waals surface area contributed by atoms with Gasteiger partial charge in [0.2, 0.25) is 0 Å². The monoisotopic (exact) mass is 217 g/mol. The highest BCUT2D eigenvalue weighted by atomic mass is 19.1. The number of anilines is 1. The predicted molar refractivity (Wildman–Crippen MR) is 59.2 cm³/mol. The van der Waals surface area contributed by atoms with Crippen LogP contribution in [0.15, 0.2) is 18.2 Å². The first-order valence-electron chi connectivity index (χ1n) is 4.89. The van der Waals surface area contributed by atoms with E-state index in [0.29, 0.717) is 12.1 Å². The second-order valence-electron chi connectivity index (χ2n) is 3.63. The molecule has 0 radical (unpaired) electrons. The van der Waals surface area contributed by atoms with Gasteiger partial charge in [0, 0.05) is 18.8 Å². The van der Waals surface area contributed by atoms with E-state index in [-0.39, 0.29) is 11.6 Å². The van der Waals surface area contributed by atoms with Gasteiger partial charge < -0.3 is 4.90 Å². The van der Waals surface area contributed by atoms with Crippen molar-refractivity contribution in [2.24, 2.45) is 0 Å². The Bertz CT molecular complexity index is 456. The van der Waals surface area contributed by atoms with Gasteiger partial charge in [-0.2, -0.15) is 10.5 Å². The highest BCUT2D eigenvalue weighted by Crippen LogP contribution is 2.19. The molecule has 0 heterocycles. The Hall–Kier alpha value is -2.07. The van der Waals surface area contributed by atoms with Crippen LogP contribution < -0.4 is 4.90 Å². The van der Waals surface area contributed by atoms with Crippen LogP contribution in [0.3, 0.4) is 0 Å². The van der Waals surface area contributed by atoms with Crippen molar-refractivity contribution in [3.63, 3.8) is 0 Å². The third-order valence-electron chi connectivity index (χ3n) is 2.47. The van der Waals surface area contributed by atoms with Crippen LogP contribution in [-0.4, -0.2) is 13.1 Å². The molecule has 1 unspecified atom stereocenters. The van der Waals surface area contributed by atoms with Crippen LogP contribution in [0.2, 0.25) is 0 Å². The minimum absolute atomic E-state index is 0.0154. The highest BCUT2D eigenvalue weighted by Gasteiger charge is 2.11. The van der Waals surface area contributed by atoms with Crippen LogP contribution in [0.1, 0.15) is 18.9 Å². The molecule has 82 valence electrons. The number of benzene rings is 1. The minimum Gasteiger partial charge on any atom is -0.371 e. The van der Waals surface area contributed by atoms with E-state index in [4.69, 9.17) is 10.5 Å². The summed E-state index contributed by atoms with van der Waals surface area (Å²) in [4.78, 5) is 1.78. The Labute approximate surface area is 94.3 Å². The Balaban J connectivity index is 3.00. The molecule has 0 N–H and O–H groups in total. The zero-order chi connectivity index (χ0) is 12.1. The number of hydrogen-bond acceptors (Lipinski definition) is 3. The molecule has 1 atom stereocenters. The summed E-state index contributed by atoms with van der Waals surface area (Å²) < 4.78 is 13.2. The topological polar surface area (TPSA) is 50.8 Å². The molecule has 0 spiro atoms. The summed E-state index contributed by atoms with van der Waals surface area (Å²) in [5, 5.41) is 17.3. The van der Waals surface area contributed by atoms with Gasteiger partial charge in [-0.25, -0.2) is 4.39 Å². The molecule has 0 aromatic heterocycles. The molecule has 0 aliphatic carbocycles. The summed E-state index contributed by atoms with van der Waals surface area (Å²) in [6.45, 7) is 1.88. The van der Waals surface area contributed by atoms with Crippen molar-refractivity contribution < 1.29 is 4.39 Å². The molecular weight excluding hydrogens is 205 g/mol. The molecule has 0 saturated heterocycles. The van der Waals surface area contributed by atoms with E-state index in [0.717, 1.165) is 0 Å². The Morgan fingerprint density at radius 2 is 2.06 bits per heavy atom. The van der Waals surface area contributed by atoms with Crippen LogP contribution in [0.5, 0.6) is 0 Å². The lowest BCUT2D eigenvalue weighted by atomic mass is 10.1. The Kier molecular flexibility index (Phi) is 3.85. The van der Waals surface area contributed by atoms with Gasteiger partial charge in [-0.05, 0) is 25.1 Å². The molecule has 16 heavy (non-hydrogen) atoms. The molecule has 3 nitrogen and oxygen atoms in total. The largest absolute Gasteiger partial charge is 0.371 e. The van der Waals surface area contributed by atoms with Crippen molar-refractivity contribution in [3.05, 3.63) is 29.6 Å². The van der Waals surface area contributed by atoms with Crippen molar-refractivity contribution in [1.82, 2.24) is 0 Å². The number of hydrogen-bond donors (Lipinski definition) is 0. The second kappa shape index (κ2) is 5.14. The maximum atomic E-state index is 13.2. The fraction of sp³-hybridized carbons (Fsp3) is 0.333. The smallest absolute Gasteiger partial charge is 0.126 e. The summed E-state index contributed by atoms with van der Waals surface area (Å²) in [5.74, 6) is -0.440. The van der Waals surface area contributed by atoms with Gasteiger partial charge >= 0.3 is 0 Å². The lowest BCUT2D eigenvalue weighted by Crippen LogP contribution is -2.28. The van der Waals surface area contributed by atoms with Gasteiger partial charge in [-0.1, -0.05) is 0 Å². The normalized spacial score (nSPS) is 11.3. The molecule has 1 aromatic carbocycles. The van der Waals surface area contributed by atoms with Crippen LogP contribution in [-0.2, 0) is 0 Å². The molecule has 1 rings (SSSR count). The van der Waals surface area contributed by atoms with Crippen molar-refractivity contribution in [1.29, 1.82) is 10.5 Å². The van der Waals surface area contributed by atoms with Crippen LogP contribution in [0.25, 0.3) is 0 Å². The van der Waals surface area contributed by atoms with E-state index in [1.54, 1.807) is 18.0 Å². The summed E-state index contributed by atoms with van der Waals surface area (Å²) in [5.41, 5.74) is 0.894. The summed E-state index contributed by atoms with van der Waals surface area (Å²) >= 11 is 0. The van der Waals surface area contributed by atoms with Gasteiger partial charge in [0.25, 0.3) is 0 Å². The zero-order valence-electron chi connectivity index (χ0n) is 9.24. The lowest BCUT2D eigenvalue weighted by molar-refractivity contribution is 0.624. The van der Waals surface area contributed by atoms with Crippen molar-refractivity contribution in [2.45, 2.75) is 19.4 Å². The molecule has 0 aliphatic rings. The predicted octanol–water partition coefficient (Wildman–Crippen LogP) is 2.44.